The number of anilines is 1. The molecule has 2 aromatic rings. The van der Waals surface area contributed by atoms with E-state index in [2.05, 4.69) is 9.88 Å². The van der Waals surface area contributed by atoms with Crippen molar-refractivity contribution in [1.29, 1.82) is 0 Å². The van der Waals surface area contributed by atoms with Gasteiger partial charge in [0.25, 0.3) is 5.91 Å². The van der Waals surface area contributed by atoms with Gasteiger partial charge in [0, 0.05) is 37.4 Å². The second kappa shape index (κ2) is 9.80. The molecule has 0 radical (unpaired) electrons. The Bertz CT molecular complexity index is 825. The van der Waals surface area contributed by atoms with Crippen LogP contribution in [0.4, 0.5) is 5.82 Å². The van der Waals surface area contributed by atoms with E-state index < -0.39 is 6.10 Å². The van der Waals surface area contributed by atoms with Crippen LogP contribution in [0.2, 0.25) is 5.02 Å². The van der Waals surface area contributed by atoms with Gasteiger partial charge in [-0.25, -0.2) is 4.98 Å². The van der Waals surface area contributed by atoms with E-state index in [1.807, 2.05) is 29.2 Å². The van der Waals surface area contributed by atoms with Crippen molar-refractivity contribution < 1.29 is 9.90 Å². The van der Waals surface area contributed by atoms with Crippen LogP contribution < -0.4 is 4.90 Å². The molecule has 0 saturated carbocycles. The van der Waals surface area contributed by atoms with Crippen LogP contribution in [0.25, 0.3) is 0 Å². The number of piperidine rings is 1. The normalized spacial score (nSPS) is 19.4. The Morgan fingerprint density at radius 1 is 0.967 bits per heavy atom. The molecule has 6 heteroatoms. The molecule has 1 N–H and O–H groups in total. The number of carbonyl (C=O) groups excluding carboxylic acids is 1. The van der Waals surface area contributed by atoms with E-state index >= 15 is 0 Å². The highest BCUT2D eigenvalue weighted by atomic mass is 35.5. The monoisotopic (exact) mass is 427 g/mol. The molecule has 0 spiro atoms. The van der Waals surface area contributed by atoms with Crippen molar-refractivity contribution in [2.24, 2.45) is 5.92 Å². The number of benzene rings is 1. The smallest absolute Gasteiger partial charge is 0.255 e. The molecular formula is C24H30ClN3O2. The molecule has 2 aliphatic heterocycles. The Balaban J connectivity index is 1.33. The molecule has 2 fully saturated rings. The maximum atomic E-state index is 12.9. The van der Waals surface area contributed by atoms with Gasteiger partial charge in [0.1, 0.15) is 5.82 Å². The molecule has 2 saturated heterocycles. The van der Waals surface area contributed by atoms with Crippen molar-refractivity contribution in [3.8, 4) is 0 Å². The Morgan fingerprint density at radius 3 is 2.23 bits per heavy atom. The number of likely N-dealkylation sites (tertiary alicyclic amines) is 1. The lowest BCUT2D eigenvalue weighted by Gasteiger charge is -2.34. The van der Waals surface area contributed by atoms with E-state index in [0.717, 1.165) is 37.3 Å². The standard InChI is InChI=1S/C24H30ClN3O2/c25-21-8-5-18(6-9-21)23(29)19-11-15-28(16-12-19)24(30)20-7-10-22(26-17-20)27-13-3-1-2-4-14-27/h5-10,17,19,23,29H,1-4,11-16H2. The summed E-state index contributed by atoms with van der Waals surface area (Å²) in [5, 5.41) is 11.4. The number of nitrogens with zero attached hydrogens (tertiary/aromatic N) is 3. The van der Waals surface area contributed by atoms with Crippen molar-refractivity contribution in [2.45, 2.75) is 44.6 Å². The lowest BCUT2D eigenvalue weighted by Crippen LogP contribution is -2.39. The minimum absolute atomic E-state index is 0.0318. The van der Waals surface area contributed by atoms with Crippen molar-refractivity contribution in [3.63, 3.8) is 0 Å². The minimum Gasteiger partial charge on any atom is -0.388 e. The molecule has 1 atom stereocenters. The first-order chi connectivity index (χ1) is 14.6. The predicted octanol–water partition coefficient (Wildman–Crippen LogP) is 4.70. The first-order valence-corrected chi connectivity index (χ1v) is 11.4. The third-order valence-electron chi connectivity index (χ3n) is 6.41. The number of hydrogen-bond acceptors (Lipinski definition) is 4. The maximum Gasteiger partial charge on any atom is 0.255 e. The van der Waals surface area contributed by atoms with Gasteiger partial charge in [-0.2, -0.15) is 0 Å². The predicted molar refractivity (Wildman–Crippen MR) is 120 cm³/mol. The highest BCUT2D eigenvalue weighted by molar-refractivity contribution is 6.30. The first kappa shape index (κ1) is 21.1. The Morgan fingerprint density at radius 2 is 1.63 bits per heavy atom. The fourth-order valence-corrected chi connectivity index (χ4v) is 4.66. The lowest BCUT2D eigenvalue weighted by atomic mass is 9.87. The average molecular weight is 428 g/mol. The number of amides is 1. The van der Waals surface area contributed by atoms with E-state index in [9.17, 15) is 9.90 Å². The van der Waals surface area contributed by atoms with Crippen molar-refractivity contribution in [2.75, 3.05) is 31.1 Å². The fourth-order valence-electron chi connectivity index (χ4n) is 4.53. The second-order valence-corrected chi connectivity index (χ2v) is 8.87. The summed E-state index contributed by atoms with van der Waals surface area (Å²) >= 11 is 5.94. The zero-order valence-electron chi connectivity index (χ0n) is 17.3. The molecule has 160 valence electrons. The number of pyridine rings is 1. The summed E-state index contributed by atoms with van der Waals surface area (Å²) in [6.45, 7) is 3.40. The van der Waals surface area contributed by atoms with Crippen LogP contribution in [0.15, 0.2) is 42.6 Å². The molecule has 1 aromatic heterocycles. The number of halogens is 1. The topological polar surface area (TPSA) is 56.7 Å². The molecule has 1 amide bonds. The molecule has 3 heterocycles. The summed E-state index contributed by atoms with van der Waals surface area (Å²) in [4.78, 5) is 21.7. The number of aliphatic hydroxyl groups excluding tert-OH is 1. The van der Waals surface area contributed by atoms with E-state index in [-0.39, 0.29) is 11.8 Å². The minimum atomic E-state index is -0.519. The van der Waals surface area contributed by atoms with Gasteiger partial charge in [0.2, 0.25) is 0 Å². The zero-order valence-corrected chi connectivity index (χ0v) is 18.1. The summed E-state index contributed by atoms with van der Waals surface area (Å²) in [5.41, 5.74) is 1.53. The van der Waals surface area contributed by atoms with Crippen LogP contribution in [-0.4, -0.2) is 47.1 Å². The van der Waals surface area contributed by atoms with Crippen LogP contribution in [-0.2, 0) is 0 Å². The van der Waals surface area contributed by atoms with Gasteiger partial charge >= 0.3 is 0 Å². The highest BCUT2D eigenvalue weighted by Gasteiger charge is 2.29. The van der Waals surface area contributed by atoms with E-state index in [1.165, 1.54) is 25.7 Å². The van der Waals surface area contributed by atoms with Gasteiger partial charge < -0.3 is 14.9 Å². The first-order valence-electron chi connectivity index (χ1n) is 11.1. The van der Waals surface area contributed by atoms with E-state index in [1.54, 1.807) is 18.3 Å². The van der Waals surface area contributed by atoms with Gasteiger partial charge in [-0.05, 0) is 61.4 Å². The van der Waals surface area contributed by atoms with E-state index in [4.69, 9.17) is 11.6 Å². The average Bonchev–Trinajstić information content (AvgIpc) is 3.09. The molecular weight excluding hydrogens is 398 g/mol. The quantitative estimate of drug-likeness (QED) is 0.768. The van der Waals surface area contributed by atoms with Crippen LogP contribution >= 0.6 is 11.6 Å². The summed E-state index contributed by atoms with van der Waals surface area (Å²) in [6, 6.07) is 11.3. The Kier molecular flexibility index (Phi) is 6.90. The summed E-state index contributed by atoms with van der Waals surface area (Å²) in [5.74, 6) is 1.15. The number of rotatable bonds is 4. The molecule has 30 heavy (non-hydrogen) atoms. The third-order valence-corrected chi connectivity index (χ3v) is 6.66. The van der Waals surface area contributed by atoms with Gasteiger partial charge in [-0.15, -0.1) is 0 Å². The van der Waals surface area contributed by atoms with Crippen LogP contribution in [0.5, 0.6) is 0 Å². The van der Waals surface area contributed by atoms with Crippen molar-refractivity contribution in [1.82, 2.24) is 9.88 Å². The maximum absolute atomic E-state index is 12.9. The number of hydrogen-bond donors (Lipinski definition) is 1. The molecule has 0 bridgehead atoms. The zero-order chi connectivity index (χ0) is 20.9. The van der Waals surface area contributed by atoms with E-state index in [0.29, 0.717) is 23.7 Å². The Hall–Kier alpha value is -2.11. The van der Waals surface area contributed by atoms with Gasteiger partial charge in [-0.3, -0.25) is 4.79 Å². The van der Waals surface area contributed by atoms with Crippen LogP contribution in [0.1, 0.15) is 60.6 Å². The lowest BCUT2D eigenvalue weighted by molar-refractivity contribution is 0.0462. The van der Waals surface area contributed by atoms with Crippen LogP contribution in [0, 0.1) is 5.92 Å². The van der Waals surface area contributed by atoms with Gasteiger partial charge in [0.05, 0.1) is 11.7 Å². The highest BCUT2D eigenvalue weighted by Crippen LogP contribution is 2.31. The molecule has 5 nitrogen and oxygen atoms in total. The summed E-state index contributed by atoms with van der Waals surface area (Å²) in [7, 11) is 0. The number of aromatic nitrogens is 1. The third kappa shape index (κ3) is 4.96. The summed E-state index contributed by atoms with van der Waals surface area (Å²) < 4.78 is 0. The molecule has 0 aliphatic carbocycles. The van der Waals surface area contributed by atoms with Crippen molar-refractivity contribution in [3.05, 3.63) is 58.7 Å². The van der Waals surface area contributed by atoms with Gasteiger partial charge in [0.15, 0.2) is 0 Å². The van der Waals surface area contributed by atoms with Crippen LogP contribution in [0.3, 0.4) is 0 Å². The molecule has 2 aliphatic rings. The molecule has 1 aromatic carbocycles. The SMILES string of the molecule is O=C(c1ccc(N2CCCCCC2)nc1)N1CCC(C(O)c2ccc(Cl)cc2)CC1. The van der Waals surface area contributed by atoms with Gasteiger partial charge in [-0.1, -0.05) is 36.6 Å². The Labute approximate surface area is 183 Å². The number of aliphatic hydroxyl groups is 1. The second-order valence-electron chi connectivity index (χ2n) is 8.43. The van der Waals surface area contributed by atoms with Crippen molar-refractivity contribution >= 4 is 23.3 Å². The largest absolute Gasteiger partial charge is 0.388 e. The fraction of sp³-hybridized carbons (Fsp3) is 0.500. The summed E-state index contributed by atoms with van der Waals surface area (Å²) in [6.07, 6.45) is 7.76. The molecule has 4 rings (SSSR count). The number of carbonyl (C=O) groups is 1. The molecule has 1 unspecified atom stereocenters.